The fourth-order valence-corrected chi connectivity index (χ4v) is 2.12. The lowest BCUT2D eigenvalue weighted by Crippen LogP contribution is -2.05. The van der Waals surface area contributed by atoms with Crippen LogP contribution in [0.1, 0.15) is 21.7 Å². The fraction of sp³-hybridized carbons (Fsp3) is 0. The van der Waals surface area contributed by atoms with Crippen LogP contribution in [0.5, 0.6) is 0 Å². The fourth-order valence-electron chi connectivity index (χ4n) is 2.12. The van der Waals surface area contributed by atoms with E-state index in [1.807, 2.05) is 24.3 Å². The van der Waals surface area contributed by atoms with Gasteiger partial charge in [-0.2, -0.15) is 10.5 Å². The zero-order valence-corrected chi connectivity index (χ0v) is 12.5. The summed E-state index contributed by atoms with van der Waals surface area (Å²) in [5.41, 5.74) is 1.88. The van der Waals surface area contributed by atoms with Crippen LogP contribution in [0.25, 0.3) is 5.57 Å². The number of benzene rings is 2. The van der Waals surface area contributed by atoms with E-state index in [4.69, 9.17) is 0 Å². The van der Waals surface area contributed by atoms with Crippen molar-refractivity contribution in [1.29, 1.82) is 5.26 Å². The minimum absolute atomic E-state index is 0.106. The third-order valence-corrected chi connectivity index (χ3v) is 3.29. The molecule has 0 saturated carbocycles. The highest BCUT2D eigenvalue weighted by atomic mass is 16.1. The molecule has 0 aliphatic carbocycles. The van der Waals surface area contributed by atoms with Gasteiger partial charge in [-0.15, -0.1) is 10.2 Å². The van der Waals surface area contributed by atoms with Gasteiger partial charge in [0.15, 0.2) is 5.78 Å². The Morgan fingerprint density at radius 1 is 1.12 bits per heavy atom. The van der Waals surface area contributed by atoms with Gasteiger partial charge in [0.25, 0.3) is 0 Å². The first-order chi connectivity index (χ1) is 11.8. The summed E-state index contributed by atoms with van der Waals surface area (Å²) in [6.07, 6.45) is 1.45. The Morgan fingerprint density at radius 2 is 1.88 bits per heavy atom. The second kappa shape index (κ2) is 6.98. The van der Waals surface area contributed by atoms with Crippen molar-refractivity contribution in [2.45, 2.75) is 0 Å². The molecule has 0 radical (unpaired) electrons. The van der Waals surface area contributed by atoms with Gasteiger partial charge < -0.3 is 5.32 Å². The van der Waals surface area contributed by atoms with Gasteiger partial charge >= 0.3 is 0 Å². The molecule has 0 aliphatic rings. The highest BCUT2D eigenvalue weighted by molar-refractivity contribution is 6.12. The van der Waals surface area contributed by atoms with Gasteiger partial charge in [0.1, 0.15) is 11.6 Å². The number of tetrazole rings is 1. The van der Waals surface area contributed by atoms with Gasteiger partial charge in [-0.3, -0.25) is 4.79 Å². The molecule has 7 heteroatoms. The smallest absolute Gasteiger partial charge is 0.216 e. The van der Waals surface area contributed by atoms with Gasteiger partial charge in [0.2, 0.25) is 5.82 Å². The van der Waals surface area contributed by atoms with Crippen LogP contribution >= 0.6 is 0 Å². The Bertz CT molecular complexity index is 910. The molecule has 0 fully saturated rings. The third kappa shape index (κ3) is 3.18. The maximum atomic E-state index is 12.6. The van der Waals surface area contributed by atoms with E-state index in [0.717, 1.165) is 0 Å². The molecule has 7 nitrogen and oxygen atoms in total. The number of rotatable bonds is 5. The van der Waals surface area contributed by atoms with Gasteiger partial charge in [-0.05, 0) is 17.3 Å². The summed E-state index contributed by atoms with van der Waals surface area (Å²) in [5, 5.41) is 25.4. The number of ketones is 1. The largest absolute Gasteiger partial charge is 0.360 e. The van der Waals surface area contributed by atoms with Crippen LogP contribution in [0.3, 0.4) is 0 Å². The van der Waals surface area contributed by atoms with E-state index in [1.54, 1.807) is 36.4 Å². The zero-order chi connectivity index (χ0) is 16.8. The second-order valence-electron chi connectivity index (χ2n) is 4.79. The number of nitrogens with zero attached hydrogens (tertiary/aromatic N) is 4. The number of anilines is 1. The quantitative estimate of drug-likeness (QED) is 0.553. The molecule has 24 heavy (non-hydrogen) atoms. The standard InChI is InChI=1S/C17H12N6O/c18-10-13(17-20-22-23-21-17)11-19-15-9-5-4-8-14(15)16(24)12-6-2-1-3-7-12/h1-9,11,19H,(H,20,21,22,23). The summed E-state index contributed by atoms with van der Waals surface area (Å²) in [6.45, 7) is 0. The molecule has 0 aliphatic heterocycles. The zero-order valence-electron chi connectivity index (χ0n) is 12.5. The lowest BCUT2D eigenvalue weighted by molar-refractivity contribution is 0.103. The van der Waals surface area contributed by atoms with Gasteiger partial charge in [-0.25, -0.2) is 0 Å². The lowest BCUT2D eigenvalue weighted by Gasteiger charge is -2.08. The van der Waals surface area contributed by atoms with Crippen molar-refractivity contribution in [2.24, 2.45) is 0 Å². The molecular formula is C17H12N6O. The Labute approximate surface area is 137 Å². The summed E-state index contributed by atoms with van der Waals surface area (Å²) >= 11 is 0. The van der Waals surface area contributed by atoms with E-state index >= 15 is 0 Å². The molecule has 3 aromatic rings. The van der Waals surface area contributed by atoms with Crippen LogP contribution in [0.15, 0.2) is 60.8 Å². The highest BCUT2D eigenvalue weighted by Gasteiger charge is 2.13. The topological polar surface area (TPSA) is 107 Å². The maximum absolute atomic E-state index is 12.6. The summed E-state index contributed by atoms with van der Waals surface area (Å²) in [5.74, 6) is 0.0713. The summed E-state index contributed by atoms with van der Waals surface area (Å²) < 4.78 is 0. The highest BCUT2D eigenvalue weighted by Crippen LogP contribution is 2.20. The SMILES string of the molecule is N#CC(=CNc1ccccc1C(=O)c1ccccc1)c1nn[nH]n1. The molecule has 0 amide bonds. The van der Waals surface area contributed by atoms with Crippen LogP contribution in [0, 0.1) is 11.3 Å². The van der Waals surface area contributed by atoms with E-state index in [9.17, 15) is 10.1 Å². The van der Waals surface area contributed by atoms with Crippen molar-refractivity contribution >= 4 is 17.0 Å². The van der Waals surface area contributed by atoms with Crippen molar-refractivity contribution < 1.29 is 4.79 Å². The van der Waals surface area contributed by atoms with Crippen LogP contribution in [0.2, 0.25) is 0 Å². The van der Waals surface area contributed by atoms with Crippen molar-refractivity contribution in [3.05, 3.63) is 77.7 Å². The number of carbonyl (C=O) groups excluding carboxylic acids is 1. The number of aromatic amines is 1. The molecular weight excluding hydrogens is 304 g/mol. The first-order valence-electron chi connectivity index (χ1n) is 7.09. The Kier molecular flexibility index (Phi) is 4.40. The molecule has 0 saturated heterocycles. The summed E-state index contributed by atoms with van der Waals surface area (Å²) in [4.78, 5) is 12.6. The predicted molar refractivity (Wildman–Crippen MR) is 87.7 cm³/mol. The molecule has 116 valence electrons. The third-order valence-electron chi connectivity index (χ3n) is 3.29. The Balaban J connectivity index is 1.90. The van der Waals surface area contributed by atoms with E-state index < -0.39 is 0 Å². The van der Waals surface area contributed by atoms with E-state index in [2.05, 4.69) is 25.9 Å². The number of H-pyrrole nitrogens is 1. The average molecular weight is 316 g/mol. The predicted octanol–water partition coefficient (Wildman–Crippen LogP) is 2.41. The van der Waals surface area contributed by atoms with E-state index in [0.29, 0.717) is 16.8 Å². The number of aromatic nitrogens is 4. The number of para-hydroxylation sites is 1. The molecule has 3 rings (SSSR count). The molecule has 1 heterocycles. The van der Waals surface area contributed by atoms with Crippen molar-refractivity contribution in [3.8, 4) is 6.07 Å². The monoisotopic (exact) mass is 316 g/mol. The van der Waals surface area contributed by atoms with Crippen molar-refractivity contribution in [2.75, 3.05) is 5.32 Å². The number of allylic oxidation sites excluding steroid dienone is 1. The molecule has 0 bridgehead atoms. The minimum atomic E-state index is -0.106. The van der Waals surface area contributed by atoms with Crippen LogP contribution in [0.4, 0.5) is 5.69 Å². The number of hydrogen-bond acceptors (Lipinski definition) is 6. The van der Waals surface area contributed by atoms with Crippen LogP contribution in [-0.4, -0.2) is 26.4 Å². The Morgan fingerprint density at radius 3 is 2.58 bits per heavy atom. The second-order valence-corrected chi connectivity index (χ2v) is 4.79. The number of nitriles is 1. The number of hydrogen-bond donors (Lipinski definition) is 2. The maximum Gasteiger partial charge on any atom is 0.216 e. The summed E-state index contributed by atoms with van der Waals surface area (Å²) in [6, 6.07) is 18.1. The molecule has 2 N–H and O–H groups in total. The van der Waals surface area contributed by atoms with Gasteiger partial charge in [-0.1, -0.05) is 42.5 Å². The summed E-state index contributed by atoms with van der Waals surface area (Å²) in [7, 11) is 0. The number of nitrogens with one attached hydrogen (secondary N) is 2. The Hall–Kier alpha value is -3.79. The van der Waals surface area contributed by atoms with Crippen molar-refractivity contribution in [3.63, 3.8) is 0 Å². The average Bonchev–Trinajstić information content (AvgIpc) is 3.17. The normalized spacial score (nSPS) is 10.9. The van der Waals surface area contributed by atoms with E-state index in [1.165, 1.54) is 6.20 Å². The lowest BCUT2D eigenvalue weighted by atomic mass is 10.0. The minimum Gasteiger partial charge on any atom is -0.360 e. The molecule has 0 atom stereocenters. The van der Waals surface area contributed by atoms with Crippen molar-refractivity contribution in [1.82, 2.24) is 20.6 Å². The van der Waals surface area contributed by atoms with Gasteiger partial charge in [0.05, 0.1) is 0 Å². The molecule has 2 aromatic carbocycles. The molecule has 0 spiro atoms. The number of carbonyl (C=O) groups is 1. The first-order valence-corrected chi connectivity index (χ1v) is 7.09. The molecule has 1 aromatic heterocycles. The van der Waals surface area contributed by atoms with Gasteiger partial charge in [0, 0.05) is 23.0 Å². The van der Waals surface area contributed by atoms with E-state index in [-0.39, 0.29) is 17.2 Å². The first kappa shape index (κ1) is 15.1. The van der Waals surface area contributed by atoms with Crippen LogP contribution < -0.4 is 5.32 Å². The van der Waals surface area contributed by atoms with Crippen LogP contribution in [-0.2, 0) is 0 Å². The molecule has 0 unspecified atom stereocenters.